The lowest BCUT2D eigenvalue weighted by Gasteiger charge is -2.10. The van der Waals surface area contributed by atoms with Crippen LogP contribution in [0.15, 0.2) is 40.9 Å². The van der Waals surface area contributed by atoms with Crippen LogP contribution in [0.5, 0.6) is 5.75 Å². The van der Waals surface area contributed by atoms with E-state index in [2.05, 4.69) is 15.9 Å². The summed E-state index contributed by atoms with van der Waals surface area (Å²) in [4.78, 5) is 0. The van der Waals surface area contributed by atoms with E-state index < -0.39 is 0 Å². The number of aryl methyl sites for hydroxylation is 1. The van der Waals surface area contributed by atoms with Gasteiger partial charge in [0.1, 0.15) is 18.2 Å². The van der Waals surface area contributed by atoms with E-state index in [1.807, 2.05) is 31.2 Å². The molecule has 0 bridgehead atoms. The average Bonchev–Trinajstić information content (AvgIpc) is 2.40. The molecule has 19 heavy (non-hydrogen) atoms. The van der Waals surface area contributed by atoms with Gasteiger partial charge in [0.2, 0.25) is 0 Å². The van der Waals surface area contributed by atoms with Crippen molar-refractivity contribution < 1.29 is 9.13 Å². The number of ether oxygens (including phenoxy) is 1. The van der Waals surface area contributed by atoms with Gasteiger partial charge in [0, 0.05) is 16.6 Å². The summed E-state index contributed by atoms with van der Waals surface area (Å²) in [5.74, 6) is 0.465. The summed E-state index contributed by atoms with van der Waals surface area (Å²) in [7, 11) is 0. The quantitative estimate of drug-likeness (QED) is 0.925. The predicted molar refractivity (Wildman–Crippen MR) is 77.5 cm³/mol. The molecule has 0 heterocycles. The summed E-state index contributed by atoms with van der Waals surface area (Å²) in [5, 5.41) is 0. The molecule has 2 N–H and O–H groups in total. The Labute approximate surface area is 120 Å². The molecule has 0 saturated heterocycles. The minimum Gasteiger partial charge on any atom is -0.488 e. The molecule has 0 atom stereocenters. The molecule has 4 heteroatoms. The van der Waals surface area contributed by atoms with Crippen LogP contribution in [0.4, 0.5) is 4.39 Å². The highest BCUT2D eigenvalue weighted by molar-refractivity contribution is 9.10. The number of rotatable bonds is 4. The monoisotopic (exact) mass is 323 g/mol. The summed E-state index contributed by atoms with van der Waals surface area (Å²) < 4.78 is 20.4. The largest absolute Gasteiger partial charge is 0.488 e. The third kappa shape index (κ3) is 3.55. The highest BCUT2D eigenvalue weighted by atomic mass is 79.9. The lowest BCUT2D eigenvalue weighted by Crippen LogP contribution is -2.02. The molecule has 0 fully saturated rings. The third-order valence-electron chi connectivity index (χ3n) is 2.89. The number of halogens is 2. The van der Waals surface area contributed by atoms with Crippen molar-refractivity contribution in [3.63, 3.8) is 0 Å². The van der Waals surface area contributed by atoms with Crippen molar-refractivity contribution >= 4 is 15.9 Å². The zero-order chi connectivity index (χ0) is 13.8. The van der Waals surface area contributed by atoms with Gasteiger partial charge in [0.15, 0.2) is 0 Å². The molecule has 0 aliphatic heterocycles. The molecule has 2 aromatic rings. The van der Waals surface area contributed by atoms with Gasteiger partial charge in [0.05, 0.1) is 0 Å². The Morgan fingerprint density at radius 3 is 2.68 bits per heavy atom. The van der Waals surface area contributed by atoms with Gasteiger partial charge in [-0.3, -0.25) is 0 Å². The summed E-state index contributed by atoms with van der Waals surface area (Å²) in [6.07, 6.45) is 0. The summed E-state index contributed by atoms with van der Waals surface area (Å²) in [5.41, 5.74) is 7.79. The number of hydrogen-bond acceptors (Lipinski definition) is 2. The fourth-order valence-corrected chi connectivity index (χ4v) is 2.06. The highest BCUT2D eigenvalue weighted by Gasteiger charge is 2.06. The van der Waals surface area contributed by atoms with Gasteiger partial charge in [-0.25, -0.2) is 4.39 Å². The zero-order valence-corrected chi connectivity index (χ0v) is 12.2. The average molecular weight is 324 g/mol. The Kier molecular flexibility index (Phi) is 4.56. The Balaban J connectivity index is 2.12. The Morgan fingerprint density at radius 2 is 2.00 bits per heavy atom. The first-order valence-corrected chi connectivity index (χ1v) is 6.76. The van der Waals surface area contributed by atoms with E-state index in [-0.39, 0.29) is 12.4 Å². The van der Waals surface area contributed by atoms with Gasteiger partial charge in [-0.05, 0) is 36.2 Å². The lowest BCUT2D eigenvalue weighted by atomic mass is 10.1. The second-order valence-corrected chi connectivity index (χ2v) is 5.24. The van der Waals surface area contributed by atoms with Crippen molar-refractivity contribution in [2.24, 2.45) is 5.73 Å². The standard InChI is InChI=1S/C15H15BrFNO/c1-10-2-5-13(16)7-15(10)19-9-12-4-3-11(8-18)6-14(12)17/h2-7H,8-9,18H2,1H3. The molecule has 100 valence electrons. The van der Waals surface area contributed by atoms with Crippen LogP contribution >= 0.6 is 15.9 Å². The molecule has 2 rings (SSSR count). The minimum absolute atomic E-state index is 0.202. The van der Waals surface area contributed by atoms with Crippen LogP contribution in [0.1, 0.15) is 16.7 Å². The summed E-state index contributed by atoms with van der Waals surface area (Å²) in [6.45, 7) is 2.49. The van der Waals surface area contributed by atoms with Crippen LogP contribution in [0.25, 0.3) is 0 Å². The van der Waals surface area contributed by atoms with Gasteiger partial charge < -0.3 is 10.5 Å². The van der Waals surface area contributed by atoms with E-state index >= 15 is 0 Å². The summed E-state index contributed by atoms with van der Waals surface area (Å²) >= 11 is 3.39. The Bertz CT molecular complexity index is 586. The molecule has 0 amide bonds. The van der Waals surface area contributed by atoms with Crippen LogP contribution in [-0.4, -0.2) is 0 Å². The van der Waals surface area contributed by atoms with E-state index in [0.717, 1.165) is 21.3 Å². The first kappa shape index (κ1) is 14.0. The number of nitrogens with two attached hydrogens (primary N) is 1. The second-order valence-electron chi connectivity index (χ2n) is 4.33. The fourth-order valence-electron chi connectivity index (χ4n) is 1.72. The van der Waals surface area contributed by atoms with Crippen molar-refractivity contribution in [1.82, 2.24) is 0 Å². The first-order chi connectivity index (χ1) is 9.10. The minimum atomic E-state index is -0.282. The molecule has 0 saturated carbocycles. The van der Waals surface area contributed by atoms with Crippen molar-refractivity contribution in [2.45, 2.75) is 20.1 Å². The van der Waals surface area contributed by atoms with Gasteiger partial charge in [-0.15, -0.1) is 0 Å². The van der Waals surface area contributed by atoms with Gasteiger partial charge in [-0.2, -0.15) is 0 Å². The van der Waals surface area contributed by atoms with Crippen molar-refractivity contribution in [3.8, 4) is 5.75 Å². The van der Waals surface area contributed by atoms with Crippen molar-refractivity contribution in [2.75, 3.05) is 0 Å². The van der Waals surface area contributed by atoms with Crippen molar-refractivity contribution in [3.05, 3.63) is 63.4 Å². The number of hydrogen-bond donors (Lipinski definition) is 1. The van der Waals surface area contributed by atoms with Crippen LogP contribution < -0.4 is 10.5 Å². The van der Waals surface area contributed by atoms with E-state index in [0.29, 0.717) is 12.1 Å². The first-order valence-electron chi connectivity index (χ1n) is 5.96. The van der Waals surface area contributed by atoms with E-state index in [9.17, 15) is 4.39 Å². The second kappa shape index (κ2) is 6.17. The molecule has 0 spiro atoms. The molecular weight excluding hydrogens is 309 g/mol. The molecule has 0 aliphatic rings. The lowest BCUT2D eigenvalue weighted by molar-refractivity contribution is 0.297. The summed E-state index contributed by atoms with van der Waals surface area (Å²) in [6, 6.07) is 10.8. The predicted octanol–water partition coefficient (Wildman–Crippen LogP) is 3.93. The molecule has 0 aliphatic carbocycles. The van der Waals surface area contributed by atoms with Gasteiger partial charge >= 0.3 is 0 Å². The fraction of sp³-hybridized carbons (Fsp3) is 0.200. The molecule has 0 aromatic heterocycles. The number of benzene rings is 2. The topological polar surface area (TPSA) is 35.2 Å². The highest BCUT2D eigenvalue weighted by Crippen LogP contribution is 2.24. The maximum atomic E-state index is 13.8. The molecular formula is C15H15BrFNO. The smallest absolute Gasteiger partial charge is 0.130 e. The third-order valence-corrected chi connectivity index (χ3v) is 3.38. The SMILES string of the molecule is Cc1ccc(Br)cc1OCc1ccc(CN)cc1F. The van der Waals surface area contributed by atoms with E-state index in [4.69, 9.17) is 10.5 Å². The van der Waals surface area contributed by atoms with Gasteiger partial charge in [-0.1, -0.05) is 34.1 Å². The molecule has 2 aromatic carbocycles. The molecule has 0 radical (unpaired) electrons. The van der Waals surface area contributed by atoms with Crippen molar-refractivity contribution in [1.29, 1.82) is 0 Å². The van der Waals surface area contributed by atoms with E-state index in [1.165, 1.54) is 6.07 Å². The van der Waals surface area contributed by atoms with Crippen LogP contribution in [-0.2, 0) is 13.2 Å². The maximum absolute atomic E-state index is 13.8. The van der Waals surface area contributed by atoms with E-state index in [1.54, 1.807) is 6.07 Å². The molecule has 2 nitrogen and oxygen atoms in total. The normalized spacial score (nSPS) is 10.5. The Hall–Kier alpha value is -1.39. The van der Waals surface area contributed by atoms with Crippen LogP contribution in [0, 0.1) is 12.7 Å². The van der Waals surface area contributed by atoms with Crippen LogP contribution in [0.2, 0.25) is 0 Å². The Morgan fingerprint density at radius 1 is 1.21 bits per heavy atom. The van der Waals surface area contributed by atoms with Crippen LogP contribution in [0.3, 0.4) is 0 Å². The van der Waals surface area contributed by atoms with Gasteiger partial charge in [0.25, 0.3) is 0 Å². The zero-order valence-electron chi connectivity index (χ0n) is 10.6. The maximum Gasteiger partial charge on any atom is 0.130 e. The molecule has 0 unspecified atom stereocenters.